The van der Waals surface area contributed by atoms with Crippen LogP contribution in [0.4, 0.5) is 10.1 Å². The standard InChI is InChI=1S/C35H37BrFN3O5S/c1-3-22-38-35(42)33(23-26-8-6-5-7-9-26)39(24-27-10-12-28(36)13-11-27)34(41)25-40(30-16-18-31(19-17-30)45-4-2)46(43,44)32-20-14-29(37)15-21-32/h5-21,33H,3-4,22-25H2,1-2H3,(H,38,42). The van der Waals surface area contributed by atoms with E-state index >= 15 is 0 Å². The number of anilines is 1. The van der Waals surface area contributed by atoms with Crippen LogP contribution in [-0.2, 0) is 32.6 Å². The fraction of sp³-hybridized carbons (Fsp3) is 0.257. The van der Waals surface area contributed by atoms with Crippen molar-refractivity contribution in [3.8, 4) is 5.75 Å². The van der Waals surface area contributed by atoms with E-state index < -0.39 is 34.3 Å². The molecule has 0 saturated carbocycles. The summed E-state index contributed by atoms with van der Waals surface area (Å²) in [5.74, 6) is -0.991. The molecule has 242 valence electrons. The van der Waals surface area contributed by atoms with Crippen molar-refractivity contribution in [2.24, 2.45) is 0 Å². The highest BCUT2D eigenvalue weighted by molar-refractivity contribution is 9.10. The first-order valence-corrected chi connectivity index (χ1v) is 17.2. The highest BCUT2D eigenvalue weighted by atomic mass is 79.9. The fourth-order valence-electron chi connectivity index (χ4n) is 4.84. The van der Waals surface area contributed by atoms with Crippen LogP contribution in [0.25, 0.3) is 0 Å². The van der Waals surface area contributed by atoms with E-state index in [0.717, 1.165) is 44.2 Å². The number of rotatable bonds is 15. The molecule has 1 N–H and O–H groups in total. The Morgan fingerprint density at radius 3 is 2.13 bits per heavy atom. The second kappa shape index (κ2) is 16.4. The van der Waals surface area contributed by atoms with Crippen LogP contribution in [0.5, 0.6) is 5.75 Å². The molecule has 0 spiro atoms. The van der Waals surface area contributed by atoms with Crippen molar-refractivity contribution >= 4 is 43.5 Å². The van der Waals surface area contributed by atoms with Gasteiger partial charge in [-0.25, -0.2) is 12.8 Å². The molecule has 0 aromatic heterocycles. The summed E-state index contributed by atoms with van der Waals surface area (Å²) in [7, 11) is -4.35. The summed E-state index contributed by atoms with van der Waals surface area (Å²) in [5, 5.41) is 2.93. The molecule has 8 nitrogen and oxygen atoms in total. The molecule has 4 rings (SSSR count). The third-order valence-electron chi connectivity index (χ3n) is 7.20. The van der Waals surface area contributed by atoms with Crippen molar-refractivity contribution in [3.63, 3.8) is 0 Å². The predicted octanol–water partition coefficient (Wildman–Crippen LogP) is 6.35. The number of benzene rings is 4. The number of sulfonamides is 1. The third kappa shape index (κ3) is 9.17. The lowest BCUT2D eigenvalue weighted by Gasteiger charge is -2.34. The smallest absolute Gasteiger partial charge is 0.264 e. The monoisotopic (exact) mass is 709 g/mol. The first-order valence-electron chi connectivity index (χ1n) is 15.0. The summed E-state index contributed by atoms with van der Waals surface area (Å²) >= 11 is 3.44. The van der Waals surface area contributed by atoms with Crippen LogP contribution in [-0.4, -0.2) is 50.9 Å². The SMILES string of the molecule is CCCNC(=O)C(Cc1ccccc1)N(Cc1ccc(Br)cc1)C(=O)CN(c1ccc(OCC)cc1)S(=O)(=O)c1ccc(F)cc1. The summed E-state index contributed by atoms with van der Waals surface area (Å²) in [6.45, 7) is 4.05. The average molecular weight is 711 g/mol. The predicted molar refractivity (Wildman–Crippen MR) is 180 cm³/mol. The lowest BCUT2D eigenvalue weighted by molar-refractivity contribution is -0.140. The van der Waals surface area contributed by atoms with E-state index in [4.69, 9.17) is 4.74 Å². The molecule has 46 heavy (non-hydrogen) atoms. The number of amides is 2. The lowest BCUT2D eigenvalue weighted by atomic mass is 10.0. The van der Waals surface area contributed by atoms with Crippen LogP contribution in [0.15, 0.2) is 112 Å². The zero-order valence-corrected chi connectivity index (χ0v) is 28.1. The Hall–Kier alpha value is -4.22. The Morgan fingerprint density at radius 2 is 1.52 bits per heavy atom. The number of nitrogens with zero attached hydrogens (tertiary/aromatic N) is 2. The maximum Gasteiger partial charge on any atom is 0.264 e. The largest absolute Gasteiger partial charge is 0.494 e. The van der Waals surface area contributed by atoms with E-state index in [2.05, 4.69) is 21.2 Å². The van der Waals surface area contributed by atoms with Crippen molar-refractivity contribution < 1.29 is 27.1 Å². The molecule has 0 aliphatic heterocycles. The second-order valence-corrected chi connectivity index (χ2v) is 13.3. The molecule has 11 heteroatoms. The van der Waals surface area contributed by atoms with Gasteiger partial charge in [0.25, 0.3) is 10.0 Å². The second-order valence-electron chi connectivity index (χ2n) is 10.5. The number of hydrogen-bond acceptors (Lipinski definition) is 5. The Morgan fingerprint density at radius 1 is 0.870 bits per heavy atom. The molecular formula is C35H37BrFN3O5S. The number of carbonyl (C=O) groups excluding carboxylic acids is 2. The minimum absolute atomic E-state index is 0.0525. The summed E-state index contributed by atoms with van der Waals surface area (Å²) in [6, 6.07) is 26.5. The molecule has 0 saturated heterocycles. The van der Waals surface area contributed by atoms with Crippen molar-refractivity contribution in [1.29, 1.82) is 0 Å². The van der Waals surface area contributed by atoms with Gasteiger partial charge in [-0.05, 0) is 85.1 Å². The number of carbonyl (C=O) groups is 2. The van der Waals surface area contributed by atoms with Gasteiger partial charge in [0.1, 0.15) is 24.2 Å². The summed E-state index contributed by atoms with van der Waals surface area (Å²) in [5.41, 5.74) is 1.81. The molecular weight excluding hydrogens is 673 g/mol. The van der Waals surface area contributed by atoms with Gasteiger partial charge in [-0.2, -0.15) is 0 Å². The molecule has 2 amide bonds. The van der Waals surface area contributed by atoms with Crippen molar-refractivity contribution in [3.05, 3.63) is 125 Å². The van der Waals surface area contributed by atoms with Gasteiger partial charge >= 0.3 is 0 Å². The lowest BCUT2D eigenvalue weighted by Crippen LogP contribution is -2.53. The van der Waals surface area contributed by atoms with Gasteiger partial charge in [-0.1, -0.05) is 65.3 Å². The molecule has 0 fully saturated rings. The van der Waals surface area contributed by atoms with Crippen molar-refractivity contribution in [2.75, 3.05) is 24.0 Å². The van der Waals surface area contributed by atoms with Crippen LogP contribution < -0.4 is 14.4 Å². The molecule has 0 aliphatic carbocycles. The maximum absolute atomic E-state index is 14.5. The zero-order valence-electron chi connectivity index (χ0n) is 25.7. The normalized spacial score (nSPS) is 11.8. The first kappa shape index (κ1) is 34.6. The first-order chi connectivity index (χ1) is 22.1. The van der Waals surface area contributed by atoms with Crippen LogP contribution in [0.3, 0.4) is 0 Å². The van der Waals surface area contributed by atoms with E-state index in [1.165, 1.54) is 4.90 Å². The number of ether oxygens (including phenoxy) is 1. The quantitative estimate of drug-likeness (QED) is 0.155. The van der Waals surface area contributed by atoms with Crippen molar-refractivity contribution in [1.82, 2.24) is 10.2 Å². The Balaban J connectivity index is 1.79. The van der Waals surface area contributed by atoms with Crippen molar-refractivity contribution in [2.45, 2.75) is 44.2 Å². The fourth-order valence-corrected chi connectivity index (χ4v) is 6.52. The van der Waals surface area contributed by atoms with E-state index in [1.54, 1.807) is 24.3 Å². The third-order valence-corrected chi connectivity index (χ3v) is 9.52. The molecule has 0 heterocycles. The molecule has 0 radical (unpaired) electrons. The van der Waals surface area contributed by atoms with Gasteiger partial charge in [0.15, 0.2) is 0 Å². The molecule has 1 atom stereocenters. The van der Waals surface area contributed by atoms with Crippen LogP contribution >= 0.6 is 15.9 Å². The Labute approximate surface area is 278 Å². The van der Waals surface area contributed by atoms with Gasteiger partial charge in [0, 0.05) is 24.0 Å². The highest BCUT2D eigenvalue weighted by Crippen LogP contribution is 2.27. The van der Waals surface area contributed by atoms with E-state index in [9.17, 15) is 22.4 Å². The van der Waals surface area contributed by atoms with Crippen LogP contribution in [0, 0.1) is 5.82 Å². The topological polar surface area (TPSA) is 96.0 Å². The average Bonchev–Trinajstić information content (AvgIpc) is 3.06. The summed E-state index contributed by atoms with van der Waals surface area (Å²) < 4.78 is 49.3. The molecule has 4 aromatic carbocycles. The molecule has 0 aliphatic rings. The summed E-state index contributed by atoms with van der Waals surface area (Å²) in [6.07, 6.45) is 0.915. The number of nitrogens with one attached hydrogen (secondary N) is 1. The minimum Gasteiger partial charge on any atom is -0.494 e. The van der Waals surface area contributed by atoms with E-state index in [0.29, 0.717) is 25.3 Å². The van der Waals surface area contributed by atoms with Gasteiger partial charge < -0.3 is 15.0 Å². The molecule has 0 bridgehead atoms. The van der Waals surface area contributed by atoms with Crippen LogP contribution in [0.2, 0.25) is 0 Å². The minimum atomic E-state index is -4.35. The van der Waals surface area contributed by atoms with Gasteiger partial charge in [0.2, 0.25) is 11.8 Å². The number of halogens is 2. The summed E-state index contributed by atoms with van der Waals surface area (Å²) in [4.78, 5) is 29.4. The molecule has 1 unspecified atom stereocenters. The number of hydrogen-bond donors (Lipinski definition) is 1. The Bertz CT molecular complexity index is 1690. The molecule has 4 aromatic rings. The zero-order chi connectivity index (χ0) is 33.1. The van der Waals surface area contributed by atoms with Crippen LogP contribution in [0.1, 0.15) is 31.4 Å². The van der Waals surface area contributed by atoms with E-state index in [-0.39, 0.29) is 29.5 Å². The maximum atomic E-state index is 14.5. The van der Waals surface area contributed by atoms with Gasteiger partial charge in [-0.15, -0.1) is 0 Å². The Kier molecular flexibility index (Phi) is 12.3. The van der Waals surface area contributed by atoms with Gasteiger partial charge in [0.05, 0.1) is 17.2 Å². The highest BCUT2D eigenvalue weighted by Gasteiger charge is 2.34. The van der Waals surface area contributed by atoms with E-state index in [1.807, 2.05) is 68.4 Å². The van der Waals surface area contributed by atoms with Gasteiger partial charge in [-0.3, -0.25) is 13.9 Å².